The molecule has 0 amide bonds. The third kappa shape index (κ3) is 3.24. The van der Waals surface area contributed by atoms with E-state index in [0.29, 0.717) is 30.4 Å². The van der Waals surface area contributed by atoms with Crippen molar-refractivity contribution in [1.29, 1.82) is 0 Å². The lowest BCUT2D eigenvalue weighted by Crippen LogP contribution is -2.13. The Bertz CT molecular complexity index is 568. The topological polar surface area (TPSA) is 88.1 Å². The van der Waals surface area contributed by atoms with Gasteiger partial charge in [0.1, 0.15) is 5.75 Å². The van der Waals surface area contributed by atoms with Crippen LogP contribution in [0, 0.1) is 0 Å². The van der Waals surface area contributed by atoms with Crippen molar-refractivity contribution in [2.24, 2.45) is 0 Å². The summed E-state index contributed by atoms with van der Waals surface area (Å²) in [5, 5.41) is 11.7. The molecule has 1 heterocycles. The third-order valence-corrected chi connectivity index (χ3v) is 2.79. The monoisotopic (exact) mass is 277 g/mol. The van der Waals surface area contributed by atoms with E-state index in [2.05, 4.69) is 15.5 Å². The largest absolute Gasteiger partial charge is 0.497 e. The molecule has 7 heteroatoms. The van der Waals surface area contributed by atoms with Crippen LogP contribution in [0.15, 0.2) is 18.2 Å². The van der Waals surface area contributed by atoms with Gasteiger partial charge in [0.25, 0.3) is 0 Å². The number of aromatic nitrogens is 4. The fourth-order valence-electron chi connectivity index (χ4n) is 1.78. The number of nitrogens with zero attached hydrogens (tertiary/aromatic N) is 4. The Morgan fingerprint density at radius 3 is 2.85 bits per heavy atom. The van der Waals surface area contributed by atoms with Crippen LogP contribution in [0.2, 0.25) is 0 Å². The molecule has 1 aromatic carbocycles. The van der Waals surface area contributed by atoms with E-state index in [1.54, 1.807) is 23.9 Å². The predicted molar refractivity (Wildman–Crippen MR) is 75.3 cm³/mol. The number of hydrogen-bond acceptors (Lipinski definition) is 6. The predicted octanol–water partition coefficient (Wildman–Crippen LogP) is 1.36. The number of anilines is 1. The minimum absolute atomic E-state index is 0.178. The maximum Gasteiger partial charge on any atom is 0.184 e. The fraction of sp³-hybridized carbons (Fsp3) is 0.462. The molecular formula is C13H19N5O2. The van der Waals surface area contributed by atoms with Crippen molar-refractivity contribution in [3.63, 3.8) is 0 Å². The second-order valence-electron chi connectivity index (χ2n) is 4.60. The first kappa shape index (κ1) is 14.3. The van der Waals surface area contributed by atoms with E-state index in [9.17, 15) is 0 Å². The van der Waals surface area contributed by atoms with Gasteiger partial charge in [-0.05, 0) is 42.5 Å². The SMILES string of the molecule is COc1ccc(N)c(-c2nnnn2CCOC(C)C)c1. The number of tetrazole rings is 1. The highest BCUT2D eigenvalue weighted by molar-refractivity contribution is 5.72. The molecule has 0 aliphatic heterocycles. The third-order valence-electron chi connectivity index (χ3n) is 2.79. The molecule has 0 aliphatic carbocycles. The summed E-state index contributed by atoms with van der Waals surface area (Å²) in [6.07, 6.45) is 0.178. The molecule has 108 valence electrons. The first-order chi connectivity index (χ1) is 9.61. The number of rotatable bonds is 6. The second-order valence-corrected chi connectivity index (χ2v) is 4.60. The molecule has 7 nitrogen and oxygen atoms in total. The smallest absolute Gasteiger partial charge is 0.184 e. The molecule has 0 fully saturated rings. The number of ether oxygens (including phenoxy) is 2. The van der Waals surface area contributed by atoms with E-state index in [0.717, 1.165) is 5.56 Å². The van der Waals surface area contributed by atoms with Gasteiger partial charge in [-0.25, -0.2) is 4.68 Å². The van der Waals surface area contributed by atoms with Crippen molar-refractivity contribution in [3.05, 3.63) is 18.2 Å². The lowest BCUT2D eigenvalue weighted by Gasteiger charge is -2.10. The maximum absolute atomic E-state index is 5.99. The van der Waals surface area contributed by atoms with Gasteiger partial charge in [0.05, 0.1) is 26.4 Å². The molecule has 0 bridgehead atoms. The van der Waals surface area contributed by atoms with E-state index < -0.39 is 0 Å². The molecule has 2 rings (SSSR count). The van der Waals surface area contributed by atoms with Crippen LogP contribution < -0.4 is 10.5 Å². The summed E-state index contributed by atoms with van der Waals surface area (Å²) in [5.41, 5.74) is 7.34. The lowest BCUT2D eigenvalue weighted by molar-refractivity contribution is 0.0709. The molecule has 1 aromatic heterocycles. The summed E-state index contributed by atoms with van der Waals surface area (Å²) in [6, 6.07) is 5.40. The summed E-state index contributed by atoms with van der Waals surface area (Å²) in [5.74, 6) is 1.32. The average molecular weight is 277 g/mol. The van der Waals surface area contributed by atoms with Crippen LogP contribution in [0.1, 0.15) is 13.8 Å². The summed E-state index contributed by atoms with van der Waals surface area (Å²) in [4.78, 5) is 0. The normalized spacial score (nSPS) is 11.0. The first-order valence-electron chi connectivity index (χ1n) is 6.43. The van der Waals surface area contributed by atoms with Crippen LogP contribution in [-0.2, 0) is 11.3 Å². The van der Waals surface area contributed by atoms with E-state index in [4.69, 9.17) is 15.2 Å². The minimum atomic E-state index is 0.178. The quantitative estimate of drug-likeness (QED) is 0.802. The Hall–Kier alpha value is -2.15. The van der Waals surface area contributed by atoms with Crippen molar-refractivity contribution in [2.45, 2.75) is 26.5 Å². The Morgan fingerprint density at radius 1 is 1.35 bits per heavy atom. The van der Waals surface area contributed by atoms with Gasteiger partial charge >= 0.3 is 0 Å². The van der Waals surface area contributed by atoms with Crippen molar-refractivity contribution in [1.82, 2.24) is 20.2 Å². The van der Waals surface area contributed by atoms with Crippen molar-refractivity contribution >= 4 is 5.69 Å². The lowest BCUT2D eigenvalue weighted by atomic mass is 10.1. The summed E-state index contributed by atoms with van der Waals surface area (Å²) >= 11 is 0. The number of nitrogen functional groups attached to an aromatic ring is 1. The van der Waals surface area contributed by atoms with Gasteiger partial charge in [-0.3, -0.25) is 0 Å². The van der Waals surface area contributed by atoms with Gasteiger partial charge in [0.15, 0.2) is 5.82 Å². The van der Waals surface area contributed by atoms with Crippen molar-refractivity contribution in [2.75, 3.05) is 19.5 Å². The zero-order chi connectivity index (χ0) is 14.5. The van der Waals surface area contributed by atoms with Crippen LogP contribution in [0.4, 0.5) is 5.69 Å². The highest BCUT2D eigenvalue weighted by Gasteiger charge is 2.13. The van der Waals surface area contributed by atoms with Crippen molar-refractivity contribution in [3.8, 4) is 17.1 Å². The molecule has 0 aliphatic rings. The molecule has 0 atom stereocenters. The van der Waals surface area contributed by atoms with Gasteiger partial charge in [0, 0.05) is 11.3 Å². The first-order valence-corrected chi connectivity index (χ1v) is 6.43. The summed E-state index contributed by atoms with van der Waals surface area (Å²) < 4.78 is 12.4. The van der Waals surface area contributed by atoms with Gasteiger partial charge in [-0.2, -0.15) is 0 Å². The molecular weight excluding hydrogens is 258 g/mol. The van der Waals surface area contributed by atoms with Crippen LogP contribution >= 0.6 is 0 Å². The van der Waals surface area contributed by atoms with Crippen LogP contribution in [-0.4, -0.2) is 40.0 Å². The number of nitrogens with two attached hydrogens (primary N) is 1. The molecule has 0 spiro atoms. The Labute approximate surface area is 117 Å². The Morgan fingerprint density at radius 2 is 2.15 bits per heavy atom. The maximum atomic E-state index is 5.99. The number of hydrogen-bond donors (Lipinski definition) is 1. The van der Waals surface area contributed by atoms with E-state index in [1.165, 1.54) is 0 Å². The molecule has 0 saturated heterocycles. The van der Waals surface area contributed by atoms with Crippen LogP contribution in [0.5, 0.6) is 5.75 Å². The van der Waals surface area contributed by atoms with Crippen LogP contribution in [0.25, 0.3) is 11.4 Å². The zero-order valence-electron chi connectivity index (χ0n) is 11.9. The number of methoxy groups -OCH3 is 1. The zero-order valence-corrected chi connectivity index (χ0v) is 11.9. The van der Waals surface area contributed by atoms with Gasteiger partial charge in [-0.1, -0.05) is 0 Å². The minimum Gasteiger partial charge on any atom is -0.497 e. The van der Waals surface area contributed by atoms with Gasteiger partial charge in [0.2, 0.25) is 0 Å². The van der Waals surface area contributed by atoms with Gasteiger partial charge < -0.3 is 15.2 Å². The second kappa shape index (κ2) is 6.33. The van der Waals surface area contributed by atoms with E-state index >= 15 is 0 Å². The highest BCUT2D eigenvalue weighted by atomic mass is 16.5. The van der Waals surface area contributed by atoms with Crippen LogP contribution in [0.3, 0.4) is 0 Å². The van der Waals surface area contributed by atoms with E-state index in [1.807, 2.05) is 19.9 Å². The summed E-state index contributed by atoms with van der Waals surface area (Å²) in [7, 11) is 1.61. The Balaban J connectivity index is 2.23. The molecule has 2 N–H and O–H groups in total. The Kier molecular flexibility index (Phi) is 4.52. The fourth-order valence-corrected chi connectivity index (χ4v) is 1.78. The van der Waals surface area contributed by atoms with Crippen molar-refractivity contribution < 1.29 is 9.47 Å². The molecule has 0 unspecified atom stereocenters. The number of benzene rings is 1. The highest BCUT2D eigenvalue weighted by Crippen LogP contribution is 2.27. The van der Waals surface area contributed by atoms with Gasteiger partial charge in [-0.15, -0.1) is 5.10 Å². The van der Waals surface area contributed by atoms with E-state index in [-0.39, 0.29) is 6.10 Å². The molecule has 20 heavy (non-hydrogen) atoms. The molecule has 0 radical (unpaired) electrons. The summed E-state index contributed by atoms with van der Waals surface area (Å²) in [6.45, 7) is 5.08. The molecule has 0 saturated carbocycles. The average Bonchev–Trinajstić information content (AvgIpc) is 2.87. The molecule has 2 aromatic rings. The standard InChI is InChI=1S/C13H19N5O2/c1-9(2)20-7-6-18-13(15-16-17-18)11-8-10(19-3)4-5-12(11)14/h4-5,8-9H,6-7,14H2,1-3H3.